The number of carbonyl (C=O) groups is 1. The second-order valence-corrected chi connectivity index (χ2v) is 9.42. The highest BCUT2D eigenvalue weighted by molar-refractivity contribution is 7.92. The Labute approximate surface area is 204 Å². The lowest BCUT2D eigenvalue weighted by Gasteiger charge is -2.12. The largest absolute Gasteiger partial charge is 0.494 e. The van der Waals surface area contributed by atoms with Gasteiger partial charge in [0.1, 0.15) is 5.75 Å². The number of carbonyl (C=O) groups excluding carboxylic acids is 1. The second kappa shape index (κ2) is 10.9. The smallest absolute Gasteiger partial charge is 0.261 e. The molecule has 8 nitrogen and oxygen atoms in total. The van der Waals surface area contributed by atoms with Crippen LogP contribution < -0.4 is 14.8 Å². The monoisotopic (exact) mass is 490 g/mol. The lowest BCUT2D eigenvalue weighted by atomic mass is 10.1. The number of hydrogen-bond donors (Lipinski definition) is 2. The zero-order valence-electron chi connectivity index (χ0n) is 19.2. The van der Waals surface area contributed by atoms with Crippen LogP contribution in [0.1, 0.15) is 28.4 Å². The van der Waals surface area contributed by atoms with Gasteiger partial charge in [-0.15, -0.1) is 0 Å². The number of amides is 1. The van der Waals surface area contributed by atoms with Crippen molar-refractivity contribution in [3.05, 3.63) is 108 Å². The summed E-state index contributed by atoms with van der Waals surface area (Å²) in [4.78, 5) is 12.8. The minimum Gasteiger partial charge on any atom is -0.494 e. The highest BCUT2D eigenvalue weighted by atomic mass is 32.2. The molecule has 4 rings (SSSR count). The Bertz CT molecular complexity index is 1370. The summed E-state index contributed by atoms with van der Waals surface area (Å²) in [7, 11) is -3.76. The molecule has 1 aromatic heterocycles. The molecular formula is C26H26N4O4S. The average molecular weight is 491 g/mol. The molecule has 0 spiro atoms. The quantitative estimate of drug-likeness (QED) is 0.349. The molecule has 180 valence electrons. The number of nitrogens with zero attached hydrogens (tertiary/aromatic N) is 2. The Morgan fingerprint density at radius 3 is 2.31 bits per heavy atom. The maximum absolute atomic E-state index is 12.7. The van der Waals surface area contributed by atoms with E-state index >= 15 is 0 Å². The summed E-state index contributed by atoms with van der Waals surface area (Å²) < 4.78 is 35.0. The molecule has 0 radical (unpaired) electrons. The summed E-state index contributed by atoms with van der Waals surface area (Å²) in [5.74, 6) is 0.352. The summed E-state index contributed by atoms with van der Waals surface area (Å²) in [5.41, 5.74) is 2.85. The van der Waals surface area contributed by atoms with E-state index < -0.39 is 10.0 Å². The summed E-state index contributed by atoms with van der Waals surface area (Å²) in [6.45, 7) is 3.34. The van der Waals surface area contributed by atoms with Gasteiger partial charge in [0.25, 0.3) is 15.9 Å². The van der Waals surface area contributed by atoms with Crippen LogP contribution in [0, 0.1) is 0 Å². The van der Waals surface area contributed by atoms with E-state index in [4.69, 9.17) is 4.74 Å². The molecular weight excluding hydrogens is 464 g/mol. The molecule has 4 aromatic rings. The first-order valence-electron chi connectivity index (χ1n) is 11.1. The van der Waals surface area contributed by atoms with E-state index in [0.717, 1.165) is 11.1 Å². The lowest BCUT2D eigenvalue weighted by molar-refractivity contribution is 0.0951. The predicted molar refractivity (Wildman–Crippen MR) is 134 cm³/mol. The van der Waals surface area contributed by atoms with Crippen LogP contribution in [0.4, 0.5) is 5.69 Å². The SMILES string of the molecule is CCOc1ccc(S(=O)(=O)Nc2ccc(C(=O)NCc3ccccc3Cn3cccn3)cc2)cc1. The van der Waals surface area contributed by atoms with Crippen molar-refractivity contribution >= 4 is 21.6 Å². The van der Waals surface area contributed by atoms with E-state index in [9.17, 15) is 13.2 Å². The van der Waals surface area contributed by atoms with E-state index in [1.54, 1.807) is 42.6 Å². The van der Waals surface area contributed by atoms with Crippen LogP contribution in [0.2, 0.25) is 0 Å². The fraction of sp³-hybridized carbons (Fsp3) is 0.154. The number of hydrogen-bond acceptors (Lipinski definition) is 5. The molecule has 0 saturated carbocycles. The van der Waals surface area contributed by atoms with Crippen LogP contribution in [0.25, 0.3) is 0 Å². The first-order valence-corrected chi connectivity index (χ1v) is 12.6. The highest BCUT2D eigenvalue weighted by Crippen LogP contribution is 2.20. The minimum absolute atomic E-state index is 0.122. The molecule has 9 heteroatoms. The number of nitrogens with one attached hydrogen (secondary N) is 2. The lowest BCUT2D eigenvalue weighted by Crippen LogP contribution is -2.23. The van der Waals surface area contributed by atoms with Crippen molar-refractivity contribution in [3.63, 3.8) is 0 Å². The predicted octanol–water partition coefficient (Wildman–Crippen LogP) is 4.06. The van der Waals surface area contributed by atoms with Gasteiger partial charge in [0.05, 0.1) is 18.0 Å². The van der Waals surface area contributed by atoms with Gasteiger partial charge >= 0.3 is 0 Å². The molecule has 0 atom stereocenters. The fourth-order valence-electron chi connectivity index (χ4n) is 3.52. The maximum Gasteiger partial charge on any atom is 0.261 e. The third-order valence-electron chi connectivity index (χ3n) is 5.29. The molecule has 1 heterocycles. The van der Waals surface area contributed by atoms with Crippen LogP contribution in [0.15, 0.2) is 96.2 Å². The van der Waals surface area contributed by atoms with Gasteiger partial charge in [-0.2, -0.15) is 5.10 Å². The van der Waals surface area contributed by atoms with Gasteiger partial charge in [-0.25, -0.2) is 8.42 Å². The Balaban J connectivity index is 1.37. The molecule has 0 unspecified atom stereocenters. The molecule has 0 bridgehead atoms. The van der Waals surface area contributed by atoms with Gasteiger partial charge in [0.2, 0.25) is 0 Å². The van der Waals surface area contributed by atoms with Crippen molar-refractivity contribution < 1.29 is 17.9 Å². The molecule has 1 amide bonds. The van der Waals surface area contributed by atoms with Crippen molar-refractivity contribution in [2.24, 2.45) is 0 Å². The number of anilines is 1. The van der Waals surface area contributed by atoms with E-state index in [-0.39, 0.29) is 10.8 Å². The van der Waals surface area contributed by atoms with Gasteiger partial charge in [0, 0.05) is 30.2 Å². The van der Waals surface area contributed by atoms with Crippen LogP contribution >= 0.6 is 0 Å². The molecule has 35 heavy (non-hydrogen) atoms. The minimum atomic E-state index is -3.76. The highest BCUT2D eigenvalue weighted by Gasteiger charge is 2.15. The van der Waals surface area contributed by atoms with Gasteiger partial charge < -0.3 is 10.1 Å². The molecule has 0 aliphatic rings. The van der Waals surface area contributed by atoms with Gasteiger partial charge in [-0.05, 0) is 72.6 Å². The van der Waals surface area contributed by atoms with Gasteiger partial charge in [-0.1, -0.05) is 24.3 Å². The Morgan fingerprint density at radius 2 is 1.66 bits per heavy atom. The van der Waals surface area contributed by atoms with Crippen LogP contribution in [-0.2, 0) is 23.1 Å². The van der Waals surface area contributed by atoms with E-state index in [2.05, 4.69) is 15.1 Å². The fourth-order valence-corrected chi connectivity index (χ4v) is 4.57. The van der Waals surface area contributed by atoms with Crippen LogP contribution in [0.5, 0.6) is 5.75 Å². The molecule has 3 aromatic carbocycles. The first-order chi connectivity index (χ1) is 16.9. The molecule has 0 saturated heterocycles. The zero-order valence-corrected chi connectivity index (χ0v) is 20.0. The van der Waals surface area contributed by atoms with Crippen LogP contribution in [-0.4, -0.2) is 30.7 Å². The summed E-state index contributed by atoms with van der Waals surface area (Å²) in [5, 5.41) is 7.16. The second-order valence-electron chi connectivity index (χ2n) is 7.74. The van der Waals surface area contributed by atoms with Crippen molar-refractivity contribution in [2.75, 3.05) is 11.3 Å². The van der Waals surface area contributed by atoms with Crippen LogP contribution in [0.3, 0.4) is 0 Å². The molecule has 0 aliphatic carbocycles. The number of aromatic nitrogens is 2. The van der Waals surface area contributed by atoms with Crippen molar-refractivity contribution in [3.8, 4) is 5.75 Å². The molecule has 0 fully saturated rings. The normalized spacial score (nSPS) is 11.1. The molecule has 2 N–H and O–H groups in total. The van der Waals surface area contributed by atoms with E-state index in [1.807, 2.05) is 48.1 Å². The first kappa shape index (κ1) is 24.0. The van der Waals surface area contributed by atoms with Crippen molar-refractivity contribution in [1.29, 1.82) is 0 Å². The summed E-state index contributed by atoms with van der Waals surface area (Å²) >= 11 is 0. The Morgan fingerprint density at radius 1 is 0.943 bits per heavy atom. The average Bonchev–Trinajstić information content (AvgIpc) is 3.37. The summed E-state index contributed by atoms with van der Waals surface area (Å²) in [6.07, 6.45) is 3.62. The van der Waals surface area contributed by atoms with E-state index in [1.165, 1.54) is 12.1 Å². The topological polar surface area (TPSA) is 102 Å². The number of sulfonamides is 1. The zero-order chi connectivity index (χ0) is 24.7. The number of rotatable bonds is 10. The maximum atomic E-state index is 12.7. The Kier molecular flexibility index (Phi) is 7.47. The van der Waals surface area contributed by atoms with E-state index in [0.29, 0.717) is 36.7 Å². The third-order valence-corrected chi connectivity index (χ3v) is 6.69. The summed E-state index contributed by atoms with van der Waals surface area (Å²) in [6, 6.07) is 22.2. The standard InChI is InChI=1S/C26H26N4O4S/c1-2-34-24-12-14-25(15-13-24)35(32,33)29-23-10-8-20(9-11-23)26(31)27-18-21-6-3-4-7-22(21)19-30-17-5-16-28-30/h3-17,29H,2,18-19H2,1H3,(H,27,31). The molecule has 0 aliphatic heterocycles. The Hall–Kier alpha value is -4.11. The third kappa shape index (κ3) is 6.27. The number of benzene rings is 3. The van der Waals surface area contributed by atoms with Crippen molar-refractivity contribution in [1.82, 2.24) is 15.1 Å². The van der Waals surface area contributed by atoms with Gasteiger partial charge in [-0.3, -0.25) is 14.2 Å². The van der Waals surface area contributed by atoms with Gasteiger partial charge in [0.15, 0.2) is 0 Å². The van der Waals surface area contributed by atoms with Crippen molar-refractivity contribution in [2.45, 2.75) is 24.9 Å². The number of ether oxygens (including phenoxy) is 1.